The first-order valence-electron chi connectivity index (χ1n) is 15.5. The van der Waals surface area contributed by atoms with Gasteiger partial charge in [-0.2, -0.15) is 0 Å². The van der Waals surface area contributed by atoms with E-state index in [1.54, 1.807) is 17.2 Å². The van der Waals surface area contributed by atoms with Crippen molar-refractivity contribution in [1.29, 1.82) is 0 Å². The molecule has 0 aliphatic carbocycles. The summed E-state index contributed by atoms with van der Waals surface area (Å²) in [6.45, 7) is 10.8. The lowest BCUT2D eigenvalue weighted by molar-refractivity contribution is 0.0145. The second-order valence-electron chi connectivity index (χ2n) is 12.2. The van der Waals surface area contributed by atoms with Crippen LogP contribution in [0.3, 0.4) is 0 Å². The van der Waals surface area contributed by atoms with Gasteiger partial charge in [-0.3, -0.25) is 9.88 Å². The first-order chi connectivity index (χ1) is 21.7. The largest absolute Gasteiger partial charge is 0.487 e. The number of benzene rings is 3. The number of amides is 1. The molecule has 0 atom stereocenters. The highest BCUT2D eigenvalue weighted by molar-refractivity contribution is 6.05. The lowest BCUT2D eigenvalue weighted by atomic mass is 10.1. The van der Waals surface area contributed by atoms with Crippen LogP contribution < -0.4 is 10.1 Å². The van der Waals surface area contributed by atoms with Crippen LogP contribution in [-0.2, 0) is 22.7 Å². The maximum Gasteiger partial charge on any atom is 0.410 e. The summed E-state index contributed by atoms with van der Waals surface area (Å²) in [5.41, 5.74) is 3.35. The number of ether oxygens (including phenoxy) is 3. The van der Waals surface area contributed by atoms with Gasteiger partial charge in [-0.15, -0.1) is 0 Å². The normalized spacial score (nSPS) is 13.8. The van der Waals surface area contributed by atoms with E-state index in [9.17, 15) is 9.59 Å². The van der Waals surface area contributed by atoms with E-state index in [-0.39, 0.29) is 12.7 Å². The number of carbonyl (C=O) groups excluding carboxylic acids is 2. The van der Waals surface area contributed by atoms with Gasteiger partial charge in [0.15, 0.2) is 0 Å². The number of pyridine rings is 1. The van der Waals surface area contributed by atoms with Gasteiger partial charge in [0.05, 0.1) is 5.56 Å². The molecule has 1 aliphatic heterocycles. The Morgan fingerprint density at radius 3 is 2.20 bits per heavy atom. The molecule has 0 unspecified atom stereocenters. The molecule has 4 aromatic rings. The van der Waals surface area contributed by atoms with E-state index in [0.29, 0.717) is 41.9 Å². The molecule has 1 fully saturated rings. The second-order valence-corrected chi connectivity index (χ2v) is 12.2. The Hall–Kier alpha value is -4.63. The molecule has 1 saturated heterocycles. The highest BCUT2D eigenvalue weighted by Crippen LogP contribution is 2.32. The van der Waals surface area contributed by atoms with E-state index in [4.69, 9.17) is 14.2 Å². The number of anilines is 1. The zero-order chi connectivity index (χ0) is 31.6. The third kappa shape index (κ3) is 9.18. The Balaban J connectivity index is 1.24. The number of hydrogen-bond acceptors (Lipinski definition) is 8. The van der Waals surface area contributed by atoms with Crippen molar-refractivity contribution in [2.75, 3.05) is 44.6 Å². The maximum atomic E-state index is 13.3. The molecule has 1 N–H and O–H groups in total. The molecule has 0 spiro atoms. The molecule has 1 aliphatic rings. The summed E-state index contributed by atoms with van der Waals surface area (Å²) in [6, 6.07) is 25.1. The minimum absolute atomic E-state index is 0.185. The molecule has 1 aromatic heterocycles. The Bertz CT molecular complexity index is 1570. The van der Waals surface area contributed by atoms with Crippen LogP contribution in [0.1, 0.15) is 48.7 Å². The lowest BCUT2D eigenvalue weighted by Gasteiger charge is -2.35. The van der Waals surface area contributed by atoms with Gasteiger partial charge in [0, 0.05) is 56.1 Å². The summed E-state index contributed by atoms with van der Waals surface area (Å²) in [6.07, 6.45) is 2.28. The molecule has 5 rings (SSSR count). The Labute approximate surface area is 265 Å². The number of aromatic nitrogens is 1. The number of rotatable bonds is 11. The van der Waals surface area contributed by atoms with E-state index in [0.717, 1.165) is 49.4 Å². The van der Waals surface area contributed by atoms with Crippen LogP contribution in [0.25, 0.3) is 10.9 Å². The van der Waals surface area contributed by atoms with E-state index < -0.39 is 11.6 Å². The van der Waals surface area contributed by atoms with E-state index in [2.05, 4.69) is 15.2 Å². The van der Waals surface area contributed by atoms with Gasteiger partial charge in [0.2, 0.25) is 0 Å². The van der Waals surface area contributed by atoms with Crippen LogP contribution in [0, 0.1) is 0 Å². The third-order valence-corrected chi connectivity index (χ3v) is 7.48. The van der Waals surface area contributed by atoms with Crippen LogP contribution in [-0.4, -0.2) is 71.7 Å². The van der Waals surface area contributed by atoms with Crippen LogP contribution in [0.15, 0.2) is 85.1 Å². The van der Waals surface area contributed by atoms with Gasteiger partial charge < -0.3 is 24.4 Å². The Kier molecular flexibility index (Phi) is 10.5. The summed E-state index contributed by atoms with van der Waals surface area (Å²) in [5.74, 6) is 0.178. The summed E-state index contributed by atoms with van der Waals surface area (Å²) in [5, 5.41) is 4.19. The predicted molar refractivity (Wildman–Crippen MR) is 175 cm³/mol. The number of hydrogen-bond donors (Lipinski definition) is 1. The molecular formula is C36H42N4O5. The molecule has 3 aromatic carbocycles. The number of nitrogens with one attached hydrogen (secondary N) is 1. The molecule has 236 valence electrons. The van der Waals surface area contributed by atoms with Gasteiger partial charge in [0.25, 0.3) is 0 Å². The SMILES string of the molecule is CC(C)(C)OC(=O)N1CCN(CCCNc2cc(OCc3ccccc3)c3nccc(C(=O)OCc4ccccc4)c3c2)CC1. The first-order valence-corrected chi connectivity index (χ1v) is 15.5. The van der Waals surface area contributed by atoms with Crippen molar-refractivity contribution < 1.29 is 23.8 Å². The average molecular weight is 611 g/mol. The van der Waals surface area contributed by atoms with Crippen LogP contribution in [0.5, 0.6) is 5.75 Å². The van der Waals surface area contributed by atoms with Gasteiger partial charge in [0.1, 0.15) is 30.1 Å². The minimum Gasteiger partial charge on any atom is -0.487 e. The van der Waals surface area contributed by atoms with Crippen molar-refractivity contribution >= 4 is 28.7 Å². The smallest absolute Gasteiger partial charge is 0.410 e. The summed E-state index contributed by atoms with van der Waals surface area (Å²) in [4.78, 5) is 34.4. The van der Waals surface area contributed by atoms with Crippen LogP contribution in [0.2, 0.25) is 0 Å². The van der Waals surface area contributed by atoms with Crippen molar-refractivity contribution in [2.45, 2.75) is 46.0 Å². The maximum absolute atomic E-state index is 13.3. The molecular weight excluding hydrogens is 568 g/mol. The highest BCUT2D eigenvalue weighted by Gasteiger charge is 2.25. The van der Waals surface area contributed by atoms with Crippen LogP contribution in [0.4, 0.5) is 10.5 Å². The van der Waals surface area contributed by atoms with Crippen molar-refractivity contribution in [2.24, 2.45) is 0 Å². The van der Waals surface area contributed by atoms with Crippen molar-refractivity contribution in [3.05, 3.63) is 102 Å². The first kappa shape index (κ1) is 31.8. The fourth-order valence-electron chi connectivity index (χ4n) is 5.16. The second kappa shape index (κ2) is 14.9. The van der Waals surface area contributed by atoms with E-state index in [1.807, 2.05) is 93.6 Å². The molecule has 9 nitrogen and oxygen atoms in total. The molecule has 2 heterocycles. The van der Waals surface area contributed by atoms with Crippen LogP contribution >= 0.6 is 0 Å². The molecule has 45 heavy (non-hydrogen) atoms. The zero-order valence-electron chi connectivity index (χ0n) is 26.3. The summed E-state index contributed by atoms with van der Waals surface area (Å²) >= 11 is 0. The Morgan fingerprint density at radius 1 is 0.867 bits per heavy atom. The summed E-state index contributed by atoms with van der Waals surface area (Å²) < 4.78 is 17.5. The van der Waals surface area contributed by atoms with Gasteiger partial charge >= 0.3 is 12.1 Å². The summed E-state index contributed by atoms with van der Waals surface area (Å²) in [7, 11) is 0. The fourth-order valence-corrected chi connectivity index (χ4v) is 5.16. The van der Waals surface area contributed by atoms with E-state index in [1.165, 1.54) is 0 Å². The third-order valence-electron chi connectivity index (χ3n) is 7.48. The molecule has 0 bridgehead atoms. The number of nitrogens with zero attached hydrogens (tertiary/aromatic N) is 3. The Morgan fingerprint density at radius 2 is 1.53 bits per heavy atom. The zero-order valence-corrected chi connectivity index (χ0v) is 26.3. The van der Waals surface area contributed by atoms with Gasteiger partial charge in [-0.25, -0.2) is 9.59 Å². The van der Waals surface area contributed by atoms with Gasteiger partial charge in [-0.05, 0) is 57.0 Å². The van der Waals surface area contributed by atoms with Gasteiger partial charge in [-0.1, -0.05) is 60.7 Å². The van der Waals surface area contributed by atoms with E-state index >= 15 is 0 Å². The molecule has 0 saturated carbocycles. The van der Waals surface area contributed by atoms with Crippen molar-refractivity contribution in [3.63, 3.8) is 0 Å². The lowest BCUT2D eigenvalue weighted by Crippen LogP contribution is -2.50. The monoisotopic (exact) mass is 610 g/mol. The number of fused-ring (bicyclic) bond motifs is 1. The number of piperazine rings is 1. The fraction of sp³-hybridized carbons (Fsp3) is 0.361. The quantitative estimate of drug-likeness (QED) is 0.152. The molecule has 1 amide bonds. The molecule has 0 radical (unpaired) electrons. The highest BCUT2D eigenvalue weighted by atomic mass is 16.6. The predicted octanol–water partition coefficient (Wildman–Crippen LogP) is 6.53. The standard InChI is InChI=1S/C36H42N4O5/c1-36(2,3)45-35(42)40-21-19-39(20-22-40)18-10-16-37-29-23-31-30(34(41)44-26-28-13-8-5-9-14-28)15-17-38-33(31)32(24-29)43-25-27-11-6-4-7-12-27/h4-9,11-15,17,23-24,37H,10,16,18-22,25-26H2,1-3H3. The number of carbonyl (C=O) groups is 2. The minimum atomic E-state index is -0.492. The topological polar surface area (TPSA) is 93.2 Å². The molecule has 9 heteroatoms. The number of esters is 1. The van der Waals surface area contributed by atoms with Crippen molar-refractivity contribution in [1.82, 2.24) is 14.8 Å². The van der Waals surface area contributed by atoms with Crippen molar-refractivity contribution in [3.8, 4) is 5.75 Å². The average Bonchev–Trinajstić information content (AvgIpc) is 3.04.